The van der Waals surface area contributed by atoms with Gasteiger partial charge < -0.3 is 0 Å². The number of amides is 1. The van der Waals surface area contributed by atoms with Gasteiger partial charge in [-0.2, -0.15) is 10.4 Å². The summed E-state index contributed by atoms with van der Waals surface area (Å²) < 4.78 is 1.60. The Hall–Kier alpha value is -2.69. The van der Waals surface area contributed by atoms with Crippen molar-refractivity contribution >= 4 is 34.0 Å². The molecule has 0 spiro atoms. The minimum Gasteiger partial charge on any atom is -0.298 e. The molecule has 8 heteroatoms. The zero-order valence-electron chi connectivity index (χ0n) is 11.9. The number of nitrogens with zero attached hydrogens (tertiary/aromatic N) is 4. The van der Waals surface area contributed by atoms with E-state index in [0.29, 0.717) is 21.4 Å². The highest BCUT2D eigenvalue weighted by Gasteiger charge is 2.14. The number of carbonyl (C=O) groups excluding carboxylic acids is 1. The average molecular weight is 344 g/mol. The first-order valence-electron chi connectivity index (χ1n) is 6.54. The number of hydrogen-bond acceptors (Lipinski definition) is 5. The van der Waals surface area contributed by atoms with Crippen molar-refractivity contribution in [1.82, 2.24) is 14.8 Å². The van der Waals surface area contributed by atoms with Gasteiger partial charge in [-0.05, 0) is 12.1 Å². The lowest BCUT2D eigenvalue weighted by molar-refractivity contribution is 0.102. The van der Waals surface area contributed by atoms with Gasteiger partial charge in [-0.3, -0.25) is 14.8 Å². The number of hydrogen-bond donors (Lipinski definition) is 1. The molecule has 0 unspecified atom stereocenters. The molecule has 0 aliphatic rings. The number of nitrogens with one attached hydrogen (secondary N) is 1. The van der Waals surface area contributed by atoms with Gasteiger partial charge in [-0.25, -0.2) is 4.98 Å². The fourth-order valence-electron chi connectivity index (χ4n) is 2.01. The summed E-state index contributed by atoms with van der Waals surface area (Å²) in [7, 11) is 1.75. The molecule has 0 aliphatic carbocycles. The Balaban J connectivity index is 1.83. The van der Waals surface area contributed by atoms with Gasteiger partial charge in [0.2, 0.25) is 0 Å². The molecule has 23 heavy (non-hydrogen) atoms. The van der Waals surface area contributed by atoms with Crippen LogP contribution in [0.5, 0.6) is 0 Å². The Morgan fingerprint density at radius 3 is 2.91 bits per heavy atom. The lowest BCUT2D eigenvalue weighted by atomic mass is 10.2. The maximum absolute atomic E-state index is 12.2. The Labute approximate surface area is 141 Å². The van der Waals surface area contributed by atoms with Gasteiger partial charge in [0.05, 0.1) is 21.2 Å². The van der Waals surface area contributed by atoms with Crippen molar-refractivity contribution in [2.24, 2.45) is 7.05 Å². The fraction of sp³-hybridized carbons (Fsp3) is 0.0667. The van der Waals surface area contributed by atoms with E-state index in [1.807, 2.05) is 6.07 Å². The first-order valence-corrected chi connectivity index (χ1v) is 7.74. The molecule has 114 valence electrons. The third kappa shape index (κ3) is 3.08. The zero-order chi connectivity index (χ0) is 16.4. The summed E-state index contributed by atoms with van der Waals surface area (Å²) in [6.07, 6.45) is 1.63. The Morgan fingerprint density at radius 2 is 2.22 bits per heavy atom. The van der Waals surface area contributed by atoms with Crippen LogP contribution >= 0.6 is 22.9 Å². The molecular weight excluding hydrogens is 334 g/mol. The quantitative estimate of drug-likeness (QED) is 0.790. The second kappa shape index (κ2) is 6.20. The molecule has 1 N–H and O–H groups in total. The van der Waals surface area contributed by atoms with E-state index in [1.54, 1.807) is 48.3 Å². The predicted octanol–water partition coefficient (Wildman–Crippen LogP) is 3.32. The molecule has 1 amide bonds. The van der Waals surface area contributed by atoms with E-state index >= 15 is 0 Å². The van der Waals surface area contributed by atoms with Crippen LogP contribution in [0.4, 0.5) is 5.13 Å². The number of anilines is 1. The number of halogens is 1. The molecule has 6 nitrogen and oxygen atoms in total. The number of aromatic nitrogens is 3. The lowest BCUT2D eigenvalue weighted by Crippen LogP contribution is -2.11. The summed E-state index contributed by atoms with van der Waals surface area (Å²) in [5, 5.41) is 16.5. The zero-order valence-corrected chi connectivity index (χ0v) is 13.5. The standard InChI is InChI=1S/C15H10ClN5OS/c1-21-12(6-9(7-17)20-21)13-8-18-15(23-13)19-14(22)10-4-2-3-5-11(10)16/h2-6,8H,1H3,(H,18,19,22). The normalized spacial score (nSPS) is 10.3. The maximum Gasteiger partial charge on any atom is 0.258 e. The van der Waals surface area contributed by atoms with E-state index in [9.17, 15) is 4.79 Å². The van der Waals surface area contributed by atoms with Crippen molar-refractivity contribution in [2.75, 3.05) is 5.32 Å². The highest BCUT2D eigenvalue weighted by atomic mass is 35.5. The molecule has 3 rings (SSSR count). The number of aryl methyl sites for hydroxylation is 1. The van der Waals surface area contributed by atoms with Crippen molar-refractivity contribution < 1.29 is 4.79 Å². The predicted molar refractivity (Wildman–Crippen MR) is 88.4 cm³/mol. The first kappa shape index (κ1) is 15.2. The number of benzene rings is 1. The molecule has 0 saturated carbocycles. The van der Waals surface area contributed by atoms with Crippen LogP contribution in [0, 0.1) is 11.3 Å². The van der Waals surface area contributed by atoms with Gasteiger partial charge >= 0.3 is 0 Å². The van der Waals surface area contributed by atoms with Gasteiger partial charge in [0.25, 0.3) is 5.91 Å². The monoisotopic (exact) mass is 343 g/mol. The van der Waals surface area contributed by atoms with Crippen molar-refractivity contribution in [3.63, 3.8) is 0 Å². The number of carbonyl (C=O) groups is 1. The topological polar surface area (TPSA) is 83.6 Å². The van der Waals surface area contributed by atoms with E-state index in [4.69, 9.17) is 16.9 Å². The third-order valence-electron chi connectivity index (χ3n) is 3.09. The van der Waals surface area contributed by atoms with Crippen LogP contribution in [0.2, 0.25) is 5.02 Å². The van der Waals surface area contributed by atoms with E-state index < -0.39 is 0 Å². The van der Waals surface area contributed by atoms with E-state index in [-0.39, 0.29) is 5.91 Å². The van der Waals surface area contributed by atoms with Crippen molar-refractivity contribution in [3.8, 4) is 16.6 Å². The molecule has 0 radical (unpaired) electrons. The van der Waals surface area contributed by atoms with Gasteiger partial charge in [0, 0.05) is 19.3 Å². The van der Waals surface area contributed by atoms with E-state index in [0.717, 1.165) is 10.6 Å². The average Bonchev–Trinajstić information content (AvgIpc) is 3.13. The molecule has 0 fully saturated rings. The molecule has 0 bridgehead atoms. The number of nitriles is 1. The number of thiazole rings is 1. The molecule has 0 atom stereocenters. The van der Waals surface area contributed by atoms with Crippen LogP contribution in [0.3, 0.4) is 0 Å². The van der Waals surface area contributed by atoms with Crippen molar-refractivity contribution in [1.29, 1.82) is 5.26 Å². The summed E-state index contributed by atoms with van der Waals surface area (Å²) in [4.78, 5) is 17.2. The highest BCUT2D eigenvalue weighted by Crippen LogP contribution is 2.29. The molecule has 3 aromatic rings. The van der Waals surface area contributed by atoms with Gasteiger partial charge in [0.1, 0.15) is 6.07 Å². The summed E-state index contributed by atoms with van der Waals surface area (Å²) >= 11 is 7.30. The smallest absolute Gasteiger partial charge is 0.258 e. The third-order valence-corrected chi connectivity index (χ3v) is 4.36. The van der Waals surface area contributed by atoms with Gasteiger partial charge in [-0.1, -0.05) is 35.1 Å². The van der Waals surface area contributed by atoms with E-state index in [2.05, 4.69) is 15.4 Å². The summed E-state index contributed by atoms with van der Waals surface area (Å²) in [6.45, 7) is 0. The highest BCUT2D eigenvalue weighted by molar-refractivity contribution is 7.19. The Morgan fingerprint density at radius 1 is 1.43 bits per heavy atom. The summed E-state index contributed by atoms with van der Waals surface area (Å²) in [6, 6.07) is 10.5. The van der Waals surface area contributed by atoms with E-state index in [1.165, 1.54) is 11.3 Å². The lowest BCUT2D eigenvalue weighted by Gasteiger charge is -2.03. The summed E-state index contributed by atoms with van der Waals surface area (Å²) in [5.41, 5.74) is 1.48. The minimum atomic E-state index is -0.320. The van der Waals surface area contributed by atoms with Crippen LogP contribution in [0.1, 0.15) is 16.1 Å². The van der Waals surface area contributed by atoms with Crippen LogP contribution < -0.4 is 5.32 Å². The van der Waals surface area contributed by atoms with Crippen LogP contribution in [0.25, 0.3) is 10.6 Å². The second-order valence-corrected chi connectivity index (χ2v) is 6.05. The summed E-state index contributed by atoms with van der Waals surface area (Å²) in [5.74, 6) is -0.320. The first-order chi connectivity index (χ1) is 11.1. The van der Waals surface area contributed by atoms with Crippen molar-refractivity contribution in [3.05, 3.63) is 52.8 Å². The number of rotatable bonds is 3. The van der Waals surface area contributed by atoms with Gasteiger partial charge in [-0.15, -0.1) is 0 Å². The molecule has 2 heterocycles. The maximum atomic E-state index is 12.2. The SMILES string of the molecule is Cn1nc(C#N)cc1-c1cnc(NC(=O)c2ccccc2Cl)s1. The Kier molecular flexibility index (Phi) is 4.10. The Bertz CT molecular complexity index is 924. The molecule has 1 aromatic carbocycles. The van der Waals surface area contributed by atoms with Crippen molar-refractivity contribution in [2.45, 2.75) is 0 Å². The minimum absolute atomic E-state index is 0.320. The second-order valence-electron chi connectivity index (χ2n) is 4.61. The molecular formula is C15H10ClN5OS. The van der Waals surface area contributed by atoms with Crippen LogP contribution in [-0.2, 0) is 7.05 Å². The fourth-order valence-corrected chi connectivity index (χ4v) is 3.09. The van der Waals surface area contributed by atoms with Gasteiger partial charge in [0.15, 0.2) is 10.8 Å². The van der Waals surface area contributed by atoms with Crippen LogP contribution in [0.15, 0.2) is 36.5 Å². The molecule has 0 aliphatic heterocycles. The molecule has 2 aromatic heterocycles. The molecule has 0 saturated heterocycles. The van der Waals surface area contributed by atoms with Crippen LogP contribution in [-0.4, -0.2) is 20.7 Å². The largest absolute Gasteiger partial charge is 0.298 e.